The molecule has 0 radical (unpaired) electrons. The first-order chi connectivity index (χ1) is 9.97. The van der Waals surface area contributed by atoms with Gasteiger partial charge in [0.25, 0.3) is 11.6 Å². The topological polar surface area (TPSA) is 92.5 Å². The number of non-ortho nitro benzene ring substituents is 1. The van der Waals surface area contributed by atoms with Crippen molar-refractivity contribution in [1.82, 2.24) is 0 Å². The number of nitrogens with zero attached hydrogens (tertiary/aromatic N) is 1. The molecule has 2 aromatic carbocycles. The monoisotopic (exact) mass is 286 g/mol. The fourth-order valence-corrected chi connectivity index (χ4v) is 1.81. The van der Waals surface area contributed by atoms with Crippen molar-refractivity contribution in [2.24, 2.45) is 0 Å². The number of carbonyl (C=O) groups is 1. The molecule has 0 aliphatic rings. The number of rotatable bonds is 4. The number of hydrogen-bond donors (Lipinski definition) is 2. The third-order valence-electron chi connectivity index (χ3n) is 2.97. The van der Waals surface area contributed by atoms with Crippen LogP contribution in [0.5, 0.6) is 0 Å². The summed E-state index contributed by atoms with van der Waals surface area (Å²) in [7, 11) is 0. The predicted octanol–water partition coefficient (Wildman–Crippen LogP) is 2.90. The summed E-state index contributed by atoms with van der Waals surface area (Å²) in [6.07, 6.45) is -0.577. The Kier molecular flexibility index (Phi) is 4.30. The van der Waals surface area contributed by atoms with E-state index in [0.29, 0.717) is 5.69 Å². The zero-order valence-electron chi connectivity index (χ0n) is 11.3. The summed E-state index contributed by atoms with van der Waals surface area (Å²) in [6.45, 7) is 1.65. The molecular formula is C15H14N2O4. The van der Waals surface area contributed by atoms with E-state index in [0.717, 1.165) is 5.56 Å². The molecule has 6 heteroatoms. The van der Waals surface area contributed by atoms with E-state index in [9.17, 15) is 20.0 Å². The predicted molar refractivity (Wildman–Crippen MR) is 78.1 cm³/mol. The molecule has 0 aromatic heterocycles. The maximum absolute atomic E-state index is 12.0. The summed E-state index contributed by atoms with van der Waals surface area (Å²) in [5.41, 5.74) is 1.37. The van der Waals surface area contributed by atoms with Crippen LogP contribution in [0, 0.1) is 10.1 Å². The second kappa shape index (κ2) is 6.15. The number of carbonyl (C=O) groups excluding carboxylic acids is 1. The van der Waals surface area contributed by atoms with Gasteiger partial charge in [0.2, 0.25) is 0 Å². The Morgan fingerprint density at radius 1 is 1.24 bits per heavy atom. The van der Waals surface area contributed by atoms with Gasteiger partial charge >= 0.3 is 0 Å². The first-order valence-electron chi connectivity index (χ1n) is 6.31. The van der Waals surface area contributed by atoms with E-state index in [4.69, 9.17) is 0 Å². The number of nitro benzene ring substituents is 1. The molecule has 0 saturated heterocycles. The number of benzene rings is 2. The van der Waals surface area contributed by atoms with Crippen molar-refractivity contribution < 1.29 is 14.8 Å². The van der Waals surface area contributed by atoms with Gasteiger partial charge in [-0.15, -0.1) is 0 Å². The van der Waals surface area contributed by atoms with Crippen LogP contribution in [0.1, 0.15) is 28.9 Å². The van der Waals surface area contributed by atoms with Crippen molar-refractivity contribution in [2.45, 2.75) is 13.0 Å². The van der Waals surface area contributed by atoms with Crippen molar-refractivity contribution >= 4 is 17.3 Å². The third kappa shape index (κ3) is 3.64. The molecule has 0 spiro atoms. The molecule has 0 aliphatic heterocycles. The normalized spacial score (nSPS) is 11.7. The van der Waals surface area contributed by atoms with Crippen LogP contribution in [0.3, 0.4) is 0 Å². The summed E-state index contributed by atoms with van der Waals surface area (Å²) in [5, 5.41) is 22.7. The van der Waals surface area contributed by atoms with Crippen LogP contribution < -0.4 is 5.32 Å². The Balaban J connectivity index is 2.14. The van der Waals surface area contributed by atoms with Gasteiger partial charge in [0, 0.05) is 23.4 Å². The summed E-state index contributed by atoms with van der Waals surface area (Å²) < 4.78 is 0. The highest BCUT2D eigenvalue weighted by Crippen LogP contribution is 2.18. The molecule has 0 unspecified atom stereocenters. The molecule has 2 rings (SSSR count). The van der Waals surface area contributed by atoms with Crippen molar-refractivity contribution in [3.63, 3.8) is 0 Å². The molecule has 1 amide bonds. The molecule has 0 bridgehead atoms. The number of nitrogens with one attached hydrogen (secondary N) is 1. The maximum Gasteiger partial charge on any atom is 0.270 e. The first-order valence-corrected chi connectivity index (χ1v) is 6.31. The van der Waals surface area contributed by atoms with E-state index in [1.165, 1.54) is 24.3 Å². The number of amides is 1. The lowest BCUT2D eigenvalue weighted by atomic mass is 10.1. The van der Waals surface area contributed by atoms with Crippen LogP contribution in [-0.4, -0.2) is 15.9 Å². The standard InChI is InChI=1S/C15H14N2O4/c1-10(18)11-5-7-13(8-6-11)16-15(19)12-3-2-4-14(9-12)17(20)21/h2-10,18H,1H3,(H,16,19)/t10-/m0/s1. The molecule has 1 atom stereocenters. The largest absolute Gasteiger partial charge is 0.389 e. The van der Waals surface area contributed by atoms with E-state index in [2.05, 4.69) is 5.32 Å². The Morgan fingerprint density at radius 3 is 2.48 bits per heavy atom. The highest BCUT2D eigenvalue weighted by Gasteiger charge is 2.11. The lowest BCUT2D eigenvalue weighted by molar-refractivity contribution is -0.384. The summed E-state index contributed by atoms with van der Waals surface area (Å²) in [6, 6.07) is 12.2. The van der Waals surface area contributed by atoms with Crippen LogP contribution in [0.4, 0.5) is 11.4 Å². The first kappa shape index (κ1) is 14.7. The van der Waals surface area contributed by atoms with Crippen molar-refractivity contribution in [1.29, 1.82) is 0 Å². The average Bonchev–Trinajstić information content (AvgIpc) is 2.48. The van der Waals surface area contributed by atoms with E-state index in [-0.39, 0.29) is 11.3 Å². The van der Waals surface area contributed by atoms with Gasteiger partial charge < -0.3 is 10.4 Å². The van der Waals surface area contributed by atoms with Crippen molar-refractivity contribution in [3.8, 4) is 0 Å². The molecule has 108 valence electrons. The second-order valence-electron chi connectivity index (χ2n) is 4.56. The minimum absolute atomic E-state index is 0.132. The molecular weight excluding hydrogens is 272 g/mol. The highest BCUT2D eigenvalue weighted by molar-refractivity contribution is 6.04. The highest BCUT2D eigenvalue weighted by atomic mass is 16.6. The van der Waals surface area contributed by atoms with Gasteiger partial charge in [0.1, 0.15) is 0 Å². The lowest BCUT2D eigenvalue weighted by Gasteiger charge is -2.08. The molecule has 6 nitrogen and oxygen atoms in total. The zero-order valence-corrected chi connectivity index (χ0v) is 11.3. The number of nitro groups is 1. The van der Waals surface area contributed by atoms with Gasteiger partial charge in [-0.05, 0) is 30.7 Å². The van der Waals surface area contributed by atoms with E-state index >= 15 is 0 Å². The van der Waals surface area contributed by atoms with Gasteiger partial charge in [0.15, 0.2) is 0 Å². The van der Waals surface area contributed by atoms with Gasteiger partial charge in [-0.1, -0.05) is 18.2 Å². The van der Waals surface area contributed by atoms with Gasteiger partial charge in [-0.2, -0.15) is 0 Å². The molecule has 2 N–H and O–H groups in total. The van der Waals surface area contributed by atoms with Crippen LogP contribution in [0.15, 0.2) is 48.5 Å². The van der Waals surface area contributed by atoms with E-state index in [1.54, 1.807) is 31.2 Å². The molecule has 0 heterocycles. The summed E-state index contributed by atoms with van der Waals surface area (Å²) >= 11 is 0. The maximum atomic E-state index is 12.0. The van der Waals surface area contributed by atoms with E-state index in [1.807, 2.05) is 0 Å². The molecule has 21 heavy (non-hydrogen) atoms. The average molecular weight is 286 g/mol. The number of hydrogen-bond acceptors (Lipinski definition) is 4. The Labute approximate surface area is 121 Å². The number of aliphatic hydroxyl groups is 1. The lowest BCUT2D eigenvalue weighted by Crippen LogP contribution is -2.12. The third-order valence-corrected chi connectivity index (χ3v) is 2.97. The zero-order chi connectivity index (χ0) is 15.4. The SMILES string of the molecule is C[C@H](O)c1ccc(NC(=O)c2cccc([N+](=O)[O-])c2)cc1. The van der Waals surface area contributed by atoms with Crippen LogP contribution in [0.2, 0.25) is 0 Å². The Hall–Kier alpha value is -2.73. The van der Waals surface area contributed by atoms with E-state index < -0.39 is 16.9 Å². The summed E-state index contributed by atoms with van der Waals surface area (Å²) in [5.74, 6) is -0.427. The van der Waals surface area contributed by atoms with Crippen molar-refractivity contribution in [2.75, 3.05) is 5.32 Å². The van der Waals surface area contributed by atoms with Gasteiger partial charge in [-0.3, -0.25) is 14.9 Å². The summed E-state index contributed by atoms with van der Waals surface area (Å²) in [4.78, 5) is 22.2. The minimum atomic E-state index is -0.577. The molecule has 0 saturated carbocycles. The van der Waals surface area contributed by atoms with Crippen LogP contribution in [0.25, 0.3) is 0 Å². The Morgan fingerprint density at radius 2 is 1.90 bits per heavy atom. The number of anilines is 1. The quantitative estimate of drug-likeness (QED) is 0.667. The van der Waals surface area contributed by atoms with Crippen LogP contribution in [-0.2, 0) is 0 Å². The second-order valence-corrected chi connectivity index (χ2v) is 4.56. The smallest absolute Gasteiger partial charge is 0.270 e. The molecule has 0 fully saturated rings. The minimum Gasteiger partial charge on any atom is -0.389 e. The van der Waals surface area contributed by atoms with Crippen LogP contribution >= 0.6 is 0 Å². The molecule has 2 aromatic rings. The van der Waals surface area contributed by atoms with Gasteiger partial charge in [-0.25, -0.2) is 0 Å². The van der Waals surface area contributed by atoms with Crippen molar-refractivity contribution in [3.05, 3.63) is 69.8 Å². The fourth-order valence-electron chi connectivity index (χ4n) is 1.81. The van der Waals surface area contributed by atoms with Gasteiger partial charge in [0.05, 0.1) is 11.0 Å². The molecule has 0 aliphatic carbocycles. The Bertz CT molecular complexity index is 666. The fraction of sp³-hybridized carbons (Fsp3) is 0.133. The number of aliphatic hydroxyl groups excluding tert-OH is 1.